The molecule has 2 N–H and O–H groups in total. The zero-order chi connectivity index (χ0) is 23.4. The number of ether oxygens (including phenoxy) is 1. The van der Waals surface area contributed by atoms with Gasteiger partial charge in [0.25, 0.3) is 0 Å². The summed E-state index contributed by atoms with van der Waals surface area (Å²) in [5.74, 6) is 2.16. The topological polar surface area (TPSA) is 87.6 Å². The van der Waals surface area contributed by atoms with Crippen molar-refractivity contribution in [2.24, 2.45) is 11.8 Å². The molecular weight excluding hydrogens is 416 g/mol. The first kappa shape index (κ1) is 22.8. The van der Waals surface area contributed by atoms with Gasteiger partial charge in [-0.2, -0.15) is 0 Å². The summed E-state index contributed by atoms with van der Waals surface area (Å²) in [4.78, 5) is 23.9. The minimum Gasteiger partial charge on any atom is -0.507 e. The lowest BCUT2D eigenvalue weighted by atomic mass is 9.97. The number of anilines is 1. The fraction of sp³-hybridized carbons (Fsp3) is 0.423. The molecule has 0 saturated carbocycles. The number of phenolic OH excluding ortho intramolecular Hbond substituents is 1. The van der Waals surface area contributed by atoms with Gasteiger partial charge in [0.1, 0.15) is 11.6 Å². The van der Waals surface area contributed by atoms with Crippen LogP contribution in [0, 0.1) is 18.8 Å². The number of aryl methyl sites for hydroxylation is 1. The molecule has 2 aromatic carbocycles. The van der Waals surface area contributed by atoms with Crippen LogP contribution in [0.3, 0.4) is 0 Å². The van der Waals surface area contributed by atoms with Crippen molar-refractivity contribution in [3.8, 4) is 17.1 Å². The molecule has 4 rings (SSSR count). The Kier molecular flexibility index (Phi) is 6.96. The number of carbonyl (C=O) groups excluding carboxylic acids is 1. The highest BCUT2D eigenvalue weighted by Gasteiger charge is 2.24. The molecule has 33 heavy (non-hydrogen) atoms. The molecule has 0 bridgehead atoms. The third-order valence-electron chi connectivity index (χ3n) is 5.88. The van der Waals surface area contributed by atoms with Crippen molar-refractivity contribution in [1.82, 2.24) is 15.3 Å². The van der Waals surface area contributed by atoms with Crippen LogP contribution in [-0.4, -0.2) is 47.4 Å². The minimum absolute atomic E-state index is 0.163. The summed E-state index contributed by atoms with van der Waals surface area (Å²) >= 11 is 0. The number of alkyl carbamates (subject to hydrolysis) is 1. The number of piperidine rings is 1. The van der Waals surface area contributed by atoms with E-state index in [1.807, 2.05) is 32.9 Å². The van der Waals surface area contributed by atoms with Crippen molar-refractivity contribution in [3.63, 3.8) is 0 Å². The summed E-state index contributed by atoms with van der Waals surface area (Å²) in [5.41, 5.74) is 2.59. The van der Waals surface area contributed by atoms with Crippen LogP contribution in [0.15, 0.2) is 42.5 Å². The Bertz CT molecular complexity index is 1130. The average Bonchev–Trinajstić information content (AvgIpc) is 2.81. The normalized spacial score (nSPS) is 16.2. The highest BCUT2D eigenvalue weighted by molar-refractivity contribution is 5.92. The second kappa shape index (κ2) is 10.1. The molecule has 1 aliphatic heterocycles. The Labute approximate surface area is 194 Å². The van der Waals surface area contributed by atoms with Crippen molar-refractivity contribution in [3.05, 3.63) is 48.0 Å². The quantitative estimate of drug-likeness (QED) is 0.557. The van der Waals surface area contributed by atoms with Crippen molar-refractivity contribution in [2.45, 2.75) is 33.6 Å². The van der Waals surface area contributed by atoms with E-state index in [9.17, 15) is 9.90 Å². The molecule has 0 aliphatic carbocycles. The van der Waals surface area contributed by atoms with E-state index >= 15 is 0 Å². The first-order chi connectivity index (χ1) is 15.9. The maximum absolute atomic E-state index is 12.0. The number of fused-ring (bicyclic) bond motifs is 1. The van der Waals surface area contributed by atoms with Crippen LogP contribution in [0.4, 0.5) is 10.6 Å². The predicted octanol–water partition coefficient (Wildman–Crippen LogP) is 4.91. The number of nitrogens with one attached hydrogen (secondary N) is 1. The fourth-order valence-electron chi connectivity index (χ4n) is 4.19. The third-order valence-corrected chi connectivity index (χ3v) is 5.88. The molecule has 2 heterocycles. The molecule has 0 unspecified atom stereocenters. The van der Waals surface area contributed by atoms with Crippen LogP contribution in [-0.2, 0) is 4.74 Å². The largest absolute Gasteiger partial charge is 0.507 e. The molecule has 7 heteroatoms. The van der Waals surface area contributed by atoms with Crippen LogP contribution in [0.5, 0.6) is 5.75 Å². The van der Waals surface area contributed by atoms with Crippen LogP contribution in [0.2, 0.25) is 0 Å². The van der Waals surface area contributed by atoms with E-state index in [0.29, 0.717) is 36.4 Å². The molecule has 1 saturated heterocycles. The summed E-state index contributed by atoms with van der Waals surface area (Å²) in [7, 11) is 0. The van der Waals surface area contributed by atoms with Gasteiger partial charge in [0.2, 0.25) is 0 Å². The van der Waals surface area contributed by atoms with Gasteiger partial charge in [-0.1, -0.05) is 32.0 Å². The number of para-hydroxylation sites is 1. The number of rotatable bonds is 6. The van der Waals surface area contributed by atoms with E-state index in [2.05, 4.69) is 28.4 Å². The van der Waals surface area contributed by atoms with Gasteiger partial charge in [0, 0.05) is 25.0 Å². The number of hydrogen-bond donors (Lipinski definition) is 2. The lowest BCUT2D eigenvalue weighted by molar-refractivity contribution is 0.131. The molecule has 0 spiro atoms. The fourth-order valence-corrected chi connectivity index (χ4v) is 4.19. The number of carbonyl (C=O) groups is 1. The van der Waals surface area contributed by atoms with Crippen LogP contribution in [0.25, 0.3) is 22.3 Å². The monoisotopic (exact) mass is 448 g/mol. The summed E-state index contributed by atoms with van der Waals surface area (Å²) < 4.78 is 5.24. The van der Waals surface area contributed by atoms with E-state index < -0.39 is 0 Å². The van der Waals surface area contributed by atoms with E-state index in [1.165, 1.54) is 0 Å². The van der Waals surface area contributed by atoms with Crippen LogP contribution >= 0.6 is 0 Å². The van der Waals surface area contributed by atoms with E-state index in [-0.39, 0.29) is 11.8 Å². The molecule has 7 nitrogen and oxygen atoms in total. The summed E-state index contributed by atoms with van der Waals surface area (Å²) in [6, 6.07) is 13.3. The summed E-state index contributed by atoms with van der Waals surface area (Å²) in [6.45, 7) is 8.74. The zero-order valence-corrected chi connectivity index (χ0v) is 19.5. The average molecular weight is 449 g/mol. The van der Waals surface area contributed by atoms with Gasteiger partial charge in [-0.15, -0.1) is 0 Å². The van der Waals surface area contributed by atoms with Crippen LogP contribution in [0.1, 0.15) is 32.3 Å². The van der Waals surface area contributed by atoms with Gasteiger partial charge in [0.05, 0.1) is 17.7 Å². The zero-order valence-electron chi connectivity index (χ0n) is 19.5. The first-order valence-corrected chi connectivity index (χ1v) is 11.6. The highest BCUT2D eigenvalue weighted by atomic mass is 16.5. The Morgan fingerprint density at radius 1 is 1.24 bits per heavy atom. The molecule has 3 aromatic rings. The molecule has 1 aliphatic rings. The summed E-state index contributed by atoms with van der Waals surface area (Å²) in [5, 5.41) is 14.3. The highest BCUT2D eigenvalue weighted by Crippen LogP contribution is 2.33. The van der Waals surface area contributed by atoms with E-state index in [4.69, 9.17) is 14.7 Å². The maximum Gasteiger partial charge on any atom is 0.407 e. The Morgan fingerprint density at radius 2 is 2.06 bits per heavy atom. The molecule has 174 valence electrons. The van der Waals surface area contributed by atoms with Gasteiger partial charge in [0.15, 0.2) is 5.82 Å². The van der Waals surface area contributed by atoms with Crippen molar-refractivity contribution in [1.29, 1.82) is 0 Å². The molecule has 1 fully saturated rings. The first-order valence-electron chi connectivity index (χ1n) is 11.6. The molecule has 1 atom stereocenters. The third kappa shape index (κ3) is 5.53. The van der Waals surface area contributed by atoms with Crippen molar-refractivity contribution in [2.75, 3.05) is 31.1 Å². The SMILES string of the molecule is Cc1ccc2c(N3CCC[C@@H](CNC(=O)OCC(C)C)C3)nc(-c3ccccc3O)nc2c1. The van der Waals surface area contributed by atoms with Crippen molar-refractivity contribution < 1.29 is 14.6 Å². The second-order valence-corrected chi connectivity index (χ2v) is 9.24. The van der Waals surface area contributed by atoms with Gasteiger partial charge in [-0.3, -0.25) is 0 Å². The van der Waals surface area contributed by atoms with Gasteiger partial charge < -0.3 is 20.1 Å². The van der Waals surface area contributed by atoms with Crippen LogP contribution < -0.4 is 10.2 Å². The predicted molar refractivity (Wildman–Crippen MR) is 131 cm³/mol. The Hall–Kier alpha value is -3.35. The lowest BCUT2D eigenvalue weighted by Gasteiger charge is -2.34. The lowest BCUT2D eigenvalue weighted by Crippen LogP contribution is -2.41. The molecular formula is C26H32N4O3. The van der Waals surface area contributed by atoms with Gasteiger partial charge in [-0.25, -0.2) is 14.8 Å². The number of aromatic hydroxyl groups is 1. The second-order valence-electron chi connectivity index (χ2n) is 9.24. The number of amides is 1. The summed E-state index contributed by atoms with van der Waals surface area (Å²) in [6.07, 6.45) is 1.69. The number of aromatic nitrogens is 2. The molecule has 1 aromatic heterocycles. The Morgan fingerprint density at radius 3 is 2.85 bits per heavy atom. The Balaban J connectivity index is 1.59. The van der Waals surface area contributed by atoms with Crippen molar-refractivity contribution >= 4 is 22.8 Å². The van der Waals surface area contributed by atoms with E-state index in [0.717, 1.165) is 48.2 Å². The number of phenols is 1. The number of benzene rings is 2. The minimum atomic E-state index is -0.356. The van der Waals surface area contributed by atoms with Gasteiger partial charge >= 0.3 is 6.09 Å². The maximum atomic E-state index is 12.0. The number of nitrogens with zero attached hydrogens (tertiary/aromatic N) is 3. The van der Waals surface area contributed by atoms with E-state index in [1.54, 1.807) is 12.1 Å². The molecule has 1 amide bonds. The van der Waals surface area contributed by atoms with Gasteiger partial charge in [-0.05, 0) is 61.4 Å². The smallest absolute Gasteiger partial charge is 0.407 e. The number of hydrogen-bond acceptors (Lipinski definition) is 6. The molecule has 0 radical (unpaired) electrons. The standard InChI is InChI=1S/C26H32N4O3/c1-17(2)16-33-26(32)27-14-19-7-6-12-30(15-19)25-20-11-10-18(3)13-22(20)28-24(29-25)21-8-4-5-9-23(21)31/h4-5,8-11,13,17,19,31H,6-7,12,14-16H2,1-3H3,(H,27,32)/t19-/m0/s1.